The van der Waals surface area contributed by atoms with Crippen LogP contribution in [0.1, 0.15) is 27.2 Å². The van der Waals surface area contributed by atoms with Gasteiger partial charge in [0, 0.05) is 6.92 Å². The van der Waals surface area contributed by atoms with Gasteiger partial charge in [-0.05, 0) is 18.9 Å². The number of hydrogen-bond donors (Lipinski definition) is 2. The van der Waals surface area contributed by atoms with E-state index < -0.39 is 5.97 Å². The van der Waals surface area contributed by atoms with Crippen molar-refractivity contribution < 1.29 is 14.7 Å². The maximum atomic E-state index is 10.6. The number of carbonyl (C=O) groups is 2. The highest BCUT2D eigenvalue weighted by molar-refractivity contribution is 5.92. The van der Waals surface area contributed by atoms with Crippen LogP contribution in [0.15, 0.2) is 11.3 Å². The van der Waals surface area contributed by atoms with Crippen molar-refractivity contribution >= 4 is 11.9 Å². The minimum atomic E-state index is -1.09. The fourth-order valence-electron chi connectivity index (χ4n) is 0.696. The normalized spacial score (nSPS) is 11.9. The maximum Gasteiger partial charge on any atom is 0.352 e. The molecule has 0 atom stereocenters. The van der Waals surface area contributed by atoms with Crippen molar-refractivity contribution in [2.75, 3.05) is 0 Å². The van der Waals surface area contributed by atoms with Gasteiger partial charge in [0.15, 0.2) is 0 Å². The Kier molecular flexibility index (Phi) is 4.04. The average molecular weight is 171 g/mol. The lowest BCUT2D eigenvalue weighted by molar-refractivity contribution is -0.134. The molecule has 2 N–H and O–H groups in total. The number of rotatable bonds is 3. The van der Waals surface area contributed by atoms with Crippen molar-refractivity contribution in [3.63, 3.8) is 0 Å². The van der Waals surface area contributed by atoms with Gasteiger partial charge >= 0.3 is 5.97 Å². The van der Waals surface area contributed by atoms with Gasteiger partial charge in [0.2, 0.25) is 5.91 Å². The molecule has 0 aliphatic heterocycles. The first-order valence-electron chi connectivity index (χ1n) is 3.69. The van der Waals surface area contributed by atoms with Gasteiger partial charge < -0.3 is 10.4 Å². The zero-order valence-corrected chi connectivity index (χ0v) is 7.47. The van der Waals surface area contributed by atoms with Crippen molar-refractivity contribution in [2.45, 2.75) is 27.2 Å². The SMILES string of the molecule is CC/C(C)=C(/NC(C)=O)C(=O)O. The van der Waals surface area contributed by atoms with E-state index in [1.807, 2.05) is 6.92 Å². The first-order chi connectivity index (χ1) is 5.49. The molecule has 0 spiro atoms. The van der Waals surface area contributed by atoms with Crippen LogP contribution in [-0.4, -0.2) is 17.0 Å². The van der Waals surface area contributed by atoms with Crippen LogP contribution in [0.25, 0.3) is 0 Å². The average Bonchev–Trinajstić information content (AvgIpc) is 1.98. The van der Waals surface area contributed by atoms with Crippen molar-refractivity contribution in [1.82, 2.24) is 5.32 Å². The van der Waals surface area contributed by atoms with E-state index in [4.69, 9.17) is 5.11 Å². The van der Waals surface area contributed by atoms with E-state index in [-0.39, 0.29) is 11.6 Å². The summed E-state index contributed by atoms with van der Waals surface area (Å²) in [5.41, 5.74) is 0.655. The summed E-state index contributed by atoms with van der Waals surface area (Å²) in [4.78, 5) is 21.1. The van der Waals surface area contributed by atoms with Gasteiger partial charge in [-0.1, -0.05) is 6.92 Å². The number of carboxylic acid groups (broad SMARTS) is 1. The molecule has 4 nitrogen and oxygen atoms in total. The van der Waals surface area contributed by atoms with Crippen LogP contribution in [0.5, 0.6) is 0 Å². The molecule has 12 heavy (non-hydrogen) atoms. The van der Waals surface area contributed by atoms with Crippen LogP contribution >= 0.6 is 0 Å². The lowest BCUT2D eigenvalue weighted by Crippen LogP contribution is -2.26. The Hall–Kier alpha value is -1.32. The summed E-state index contributed by atoms with van der Waals surface area (Å²) in [7, 11) is 0. The summed E-state index contributed by atoms with van der Waals surface area (Å²) < 4.78 is 0. The van der Waals surface area contributed by atoms with E-state index in [1.165, 1.54) is 6.92 Å². The van der Waals surface area contributed by atoms with E-state index in [2.05, 4.69) is 5.32 Å². The Balaban J connectivity index is 4.66. The molecule has 0 aliphatic carbocycles. The van der Waals surface area contributed by atoms with Crippen molar-refractivity contribution in [3.05, 3.63) is 11.3 Å². The minimum absolute atomic E-state index is 0.00926. The highest BCUT2D eigenvalue weighted by Crippen LogP contribution is 2.04. The molecule has 0 saturated heterocycles. The van der Waals surface area contributed by atoms with Crippen LogP contribution < -0.4 is 5.32 Å². The standard InChI is InChI=1S/C8H13NO3/c1-4-5(2)7(8(11)12)9-6(3)10/h4H2,1-3H3,(H,9,10)(H,11,12)/b7-5+. The molecule has 4 heteroatoms. The Morgan fingerprint density at radius 3 is 2.08 bits per heavy atom. The van der Waals surface area contributed by atoms with E-state index >= 15 is 0 Å². The highest BCUT2D eigenvalue weighted by atomic mass is 16.4. The summed E-state index contributed by atoms with van der Waals surface area (Å²) in [5.74, 6) is -1.45. The summed E-state index contributed by atoms with van der Waals surface area (Å²) in [6, 6.07) is 0. The molecule has 1 amide bonds. The molecule has 0 rings (SSSR count). The van der Waals surface area contributed by atoms with Gasteiger partial charge in [-0.3, -0.25) is 4.79 Å². The smallest absolute Gasteiger partial charge is 0.352 e. The van der Waals surface area contributed by atoms with Gasteiger partial charge in [0.05, 0.1) is 0 Å². The summed E-state index contributed by atoms with van der Waals surface area (Å²) in [6.45, 7) is 4.80. The second-order valence-electron chi connectivity index (χ2n) is 2.50. The molecule has 0 heterocycles. The van der Waals surface area contributed by atoms with Gasteiger partial charge in [0.1, 0.15) is 5.70 Å². The van der Waals surface area contributed by atoms with Crippen LogP contribution in [-0.2, 0) is 9.59 Å². The first-order valence-corrected chi connectivity index (χ1v) is 3.69. The third-order valence-electron chi connectivity index (χ3n) is 1.47. The van der Waals surface area contributed by atoms with E-state index in [1.54, 1.807) is 6.92 Å². The Morgan fingerprint density at radius 1 is 1.33 bits per heavy atom. The molecule has 0 fully saturated rings. The molecule has 0 saturated carbocycles. The van der Waals surface area contributed by atoms with Crippen LogP contribution in [0.3, 0.4) is 0 Å². The van der Waals surface area contributed by atoms with Crippen molar-refractivity contribution in [1.29, 1.82) is 0 Å². The second kappa shape index (κ2) is 4.54. The van der Waals surface area contributed by atoms with E-state index in [9.17, 15) is 9.59 Å². The van der Waals surface area contributed by atoms with Gasteiger partial charge in [-0.2, -0.15) is 0 Å². The lowest BCUT2D eigenvalue weighted by Gasteiger charge is -2.05. The summed E-state index contributed by atoms with van der Waals surface area (Å²) in [5, 5.41) is 10.9. The molecule has 0 aromatic heterocycles. The van der Waals surface area contributed by atoms with Crippen LogP contribution in [0, 0.1) is 0 Å². The molecular formula is C8H13NO3. The number of carboxylic acids is 1. The zero-order chi connectivity index (χ0) is 9.72. The van der Waals surface area contributed by atoms with Crippen molar-refractivity contribution in [3.8, 4) is 0 Å². The largest absolute Gasteiger partial charge is 0.477 e. The maximum absolute atomic E-state index is 10.6. The van der Waals surface area contributed by atoms with Crippen LogP contribution in [0.2, 0.25) is 0 Å². The fourth-order valence-corrected chi connectivity index (χ4v) is 0.696. The number of hydrogen-bond acceptors (Lipinski definition) is 2. The molecule has 0 aliphatic rings. The predicted molar refractivity (Wildman–Crippen MR) is 44.4 cm³/mol. The molecule has 0 unspecified atom stereocenters. The van der Waals surface area contributed by atoms with Gasteiger partial charge in [0.25, 0.3) is 0 Å². The van der Waals surface area contributed by atoms with Crippen molar-refractivity contribution in [2.24, 2.45) is 0 Å². The first kappa shape index (κ1) is 10.7. The monoisotopic (exact) mass is 171 g/mol. The molecule has 0 radical (unpaired) electrons. The molecule has 68 valence electrons. The van der Waals surface area contributed by atoms with Crippen LogP contribution in [0.4, 0.5) is 0 Å². The number of amides is 1. The Labute approximate surface area is 71.3 Å². The lowest BCUT2D eigenvalue weighted by atomic mass is 10.2. The summed E-state index contributed by atoms with van der Waals surface area (Å²) in [6.07, 6.45) is 0.613. The molecule has 0 aromatic carbocycles. The Morgan fingerprint density at radius 2 is 1.83 bits per heavy atom. The third kappa shape index (κ3) is 3.18. The topological polar surface area (TPSA) is 66.4 Å². The summed E-state index contributed by atoms with van der Waals surface area (Å²) >= 11 is 0. The zero-order valence-electron chi connectivity index (χ0n) is 7.47. The highest BCUT2D eigenvalue weighted by Gasteiger charge is 2.10. The quantitative estimate of drug-likeness (QED) is 0.620. The van der Waals surface area contributed by atoms with Gasteiger partial charge in [-0.15, -0.1) is 0 Å². The minimum Gasteiger partial charge on any atom is -0.477 e. The van der Waals surface area contributed by atoms with E-state index in [0.717, 1.165) is 0 Å². The second-order valence-corrected chi connectivity index (χ2v) is 2.50. The van der Waals surface area contributed by atoms with E-state index in [0.29, 0.717) is 12.0 Å². The van der Waals surface area contributed by atoms with Gasteiger partial charge in [-0.25, -0.2) is 4.79 Å². The number of allylic oxidation sites excluding steroid dienone is 1. The number of carbonyl (C=O) groups excluding carboxylic acids is 1. The fraction of sp³-hybridized carbons (Fsp3) is 0.500. The third-order valence-corrected chi connectivity index (χ3v) is 1.47. The molecule has 0 aromatic rings. The molecular weight excluding hydrogens is 158 g/mol. The predicted octanol–water partition coefficient (Wildman–Crippen LogP) is 0.891. The number of aliphatic carboxylic acids is 1. The molecule has 0 bridgehead atoms. The number of nitrogens with one attached hydrogen (secondary N) is 1. The Bertz CT molecular complexity index is 230.